The third kappa shape index (κ3) is 2.38. The van der Waals surface area contributed by atoms with Crippen molar-refractivity contribution in [2.45, 2.75) is 6.92 Å². The summed E-state index contributed by atoms with van der Waals surface area (Å²) in [7, 11) is 1.84. The lowest BCUT2D eigenvalue weighted by atomic mass is 10.0. The maximum atomic E-state index is 6.21. The van der Waals surface area contributed by atoms with Crippen LogP contribution in [0.2, 0.25) is 5.02 Å². The minimum Gasteiger partial charge on any atom is -0.383 e. The molecule has 2 heterocycles. The summed E-state index contributed by atoms with van der Waals surface area (Å²) in [6.45, 7) is 1.96. The summed E-state index contributed by atoms with van der Waals surface area (Å²) < 4.78 is 1.69. The van der Waals surface area contributed by atoms with Gasteiger partial charge in [0, 0.05) is 29.5 Å². The number of benzene rings is 1. The average Bonchev–Trinajstić information content (AvgIpc) is 2.76. The molecule has 3 rings (SSSR count). The number of pyridine rings is 1. The lowest BCUT2D eigenvalue weighted by Gasteiger charge is -2.06. The summed E-state index contributed by atoms with van der Waals surface area (Å²) in [5.41, 5.74) is 10.8. The molecule has 0 aliphatic carbocycles. The molecule has 0 unspecified atom stereocenters. The van der Waals surface area contributed by atoms with Crippen molar-refractivity contribution >= 4 is 17.4 Å². The van der Waals surface area contributed by atoms with Crippen LogP contribution in [-0.2, 0) is 7.05 Å². The second-order valence-electron chi connectivity index (χ2n) is 4.88. The van der Waals surface area contributed by atoms with Crippen LogP contribution < -0.4 is 5.73 Å². The standard InChI is InChI=1S/C16H15ClN4/c1-10-13(4-3-9-19-10)15-14(16(18)21(2)20-15)11-5-7-12(17)8-6-11/h3-9H,18H2,1-2H3. The Labute approximate surface area is 128 Å². The van der Waals surface area contributed by atoms with E-state index in [1.165, 1.54) is 0 Å². The van der Waals surface area contributed by atoms with Gasteiger partial charge in [0.25, 0.3) is 0 Å². The van der Waals surface area contributed by atoms with Crippen LogP contribution in [0.25, 0.3) is 22.4 Å². The number of halogens is 1. The first-order chi connectivity index (χ1) is 10.1. The van der Waals surface area contributed by atoms with E-state index < -0.39 is 0 Å². The van der Waals surface area contributed by atoms with E-state index in [9.17, 15) is 0 Å². The van der Waals surface area contributed by atoms with Crippen molar-refractivity contribution in [1.82, 2.24) is 14.8 Å². The zero-order valence-corrected chi connectivity index (χ0v) is 12.6. The molecule has 0 aliphatic heterocycles. The molecule has 1 aromatic carbocycles. The summed E-state index contributed by atoms with van der Waals surface area (Å²) >= 11 is 5.96. The van der Waals surface area contributed by atoms with Crippen LogP contribution >= 0.6 is 11.6 Å². The quantitative estimate of drug-likeness (QED) is 0.785. The molecule has 0 aliphatic rings. The van der Waals surface area contributed by atoms with E-state index in [0.29, 0.717) is 10.8 Å². The first-order valence-electron chi connectivity index (χ1n) is 6.58. The fourth-order valence-electron chi connectivity index (χ4n) is 2.36. The predicted molar refractivity (Wildman–Crippen MR) is 86.0 cm³/mol. The normalized spacial score (nSPS) is 10.8. The highest BCUT2D eigenvalue weighted by molar-refractivity contribution is 6.30. The molecule has 2 N–H and O–H groups in total. The van der Waals surface area contributed by atoms with Gasteiger partial charge in [-0.05, 0) is 36.8 Å². The van der Waals surface area contributed by atoms with Crippen LogP contribution in [0, 0.1) is 6.92 Å². The van der Waals surface area contributed by atoms with Gasteiger partial charge >= 0.3 is 0 Å². The highest BCUT2D eigenvalue weighted by Crippen LogP contribution is 2.36. The monoisotopic (exact) mass is 298 g/mol. The van der Waals surface area contributed by atoms with Crippen molar-refractivity contribution in [3.63, 3.8) is 0 Å². The molecule has 2 aromatic heterocycles. The Morgan fingerprint density at radius 3 is 2.52 bits per heavy atom. The van der Waals surface area contributed by atoms with Crippen molar-refractivity contribution in [2.75, 3.05) is 5.73 Å². The van der Waals surface area contributed by atoms with Gasteiger partial charge in [-0.25, -0.2) is 0 Å². The molecule has 5 heteroatoms. The highest BCUT2D eigenvalue weighted by atomic mass is 35.5. The van der Waals surface area contributed by atoms with Crippen LogP contribution in [0.15, 0.2) is 42.6 Å². The maximum absolute atomic E-state index is 6.21. The number of rotatable bonds is 2. The molecule has 0 fully saturated rings. The van der Waals surface area contributed by atoms with Crippen molar-refractivity contribution in [3.05, 3.63) is 53.3 Å². The van der Waals surface area contributed by atoms with Crippen molar-refractivity contribution < 1.29 is 0 Å². The maximum Gasteiger partial charge on any atom is 0.129 e. The Bertz CT molecular complexity index is 791. The second-order valence-corrected chi connectivity index (χ2v) is 5.31. The van der Waals surface area contributed by atoms with E-state index in [0.717, 1.165) is 28.1 Å². The Morgan fingerprint density at radius 1 is 1.14 bits per heavy atom. The first kappa shape index (κ1) is 13.6. The SMILES string of the molecule is Cc1ncccc1-c1nn(C)c(N)c1-c1ccc(Cl)cc1. The summed E-state index contributed by atoms with van der Waals surface area (Å²) in [6.07, 6.45) is 1.77. The molecule has 0 saturated carbocycles. The number of hydrogen-bond acceptors (Lipinski definition) is 3. The van der Waals surface area contributed by atoms with E-state index in [1.54, 1.807) is 10.9 Å². The Kier molecular flexibility index (Phi) is 3.39. The van der Waals surface area contributed by atoms with Crippen molar-refractivity contribution in [3.8, 4) is 22.4 Å². The minimum absolute atomic E-state index is 0.621. The molecule has 0 saturated heterocycles. The van der Waals surface area contributed by atoms with Gasteiger partial charge < -0.3 is 5.73 Å². The summed E-state index contributed by atoms with van der Waals surface area (Å²) in [4.78, 5) is 4.33. The van der Waals surface area contributed by atoms with Gasteiger partial charge in [0.1, 0.15) is 11.5 Å². The smallest absolute Gasteiger partial charge is 0.129 e. The second kappa shape index (κ2) is 5.22. The molecule has 4 nitrogen and oxygen atoms in total. The summed E-state index contributed by atoms with van der Waals surface area (Å²) in [5, 5.41) is 5.25. The third-order valence-electron chi connectivity index (χ3n) is 3.49. The lowest BCUT2D eigenvalue weighted by molar-refractivity contribution is 0.782. The Morgan fingerprint density at radius 2 is 1.86 bits per heavy atom. The van der Waals surface area contributed by atoms with Gasteiger partial charge in [0.15, 0.2) is 0 Å². The molecule has 106 valence electrons. The number of hydrogen-bond donors (Lipinski definition) is 1. The number of anilines is 1. The van der Waals surface area contributed by atoms with Gasteiger partial charge in [-0.2, -0.15) is 5.10 Å². The molecular weight excluding hydrogens is 284 g/mol. The molecule has 21 heavy (non-hydrogen) atoms. The van der Waals surface area contributed by atoms with Crippen molar-refractivity contribution in [2.24, 2.45) is 7.05 Å². The summed E-state index contributed by atoms with van der Waals surface area (Å²) in [5.74, 6) is 0.621. The number of nitrogens with zero attached hydrogens (tertiary/aromatic N) is 3. The largest absolute Gasteiger partial charge is 0.383 e. The topological polar surface area (TPSA) is 56.7 Å². The predicted octanol–water partition coefficient (Wildman–Crippen LogP) is 3.69. The third-order valence-corrected chi connectivity index (χ3v) is 3.74. The fourth-order valence-corrected chi connectivity index (χ4v) is 2.49. The molecule has 0 atom stereocenters. The summed E-state index contributed by atoms with van der Waals surface area (Å²) in [6, 6.07) is 11.5. The van der Waals surface area contributed by atoms with Crippen LogP contribution in [0.5, 0.6) is 0 Å². The Hall–Kier alpha value is -2.33. The zero-order valence-electron chi connectivity index (χ0n) is 11.8. The van der Waals surface area contributed by atoms with E-state index in [1.807, 2.05) is 50.4 Å². The molecule has 0 bridgehead atoms. The highest BCUT2D eigenvalue weighted by Gasteiger charge is 2.18. The Balaban J connectivity index is 2.26. The van der Waals surface area contributed by atoms with Crippen LogP contribution in [0.1, 0.15) is 5.69 Å². The van der Waals surface area contributed by atoms with Gasteiger partial charge in [-0.15, -0.1) is 0 Å². The van der Waals surface area contributed by atoms with Gasteiger partial charge in [-0.1, -0.05) is 23.7 Å². The number of aromatic nitrogens is 3. The number of nitrogen functional groups attached to an aromatic ring is 1. The minimum atomic E-state index is 0.621. The molecular formula is C16H15ClN4. The van der Waals surface area contributed by atoms with Gasteiger partial charge in [-0.3, -0.25) is 9.67 Å². The molecule has 0 amide bonds. The molecule has 3 aromatic rings. The lowest BCUT2D eigenvalue weighted by Crippen LogP contribution is -1.97. The van der Waals surface area contributed by atoms with E-state index in [-0.39, 0.29) is 0 Å². The van der Waals surface area contributed by atoms with Crippen molar-refractivity contribution in [1.29, 1.82) is 0 Å². The van der Waals surface area contributed by atoms with Gasteiger partial charge in [0.05, 0.1) is 5.56 Å². The first-order valence-corrected chi connectivity index (χ1v) is 6.96. The van der Waals surface area contributed by atoms with E-state index in [4.69, 9.17) is 17.3 Å². The van der Waals surface area contributed by atoms with E-state index >= 15 is 0 Å². The number of aryl methyl sites for hydroxylation is 2. The van der Waals surface area contributed by atoms with Gasteiger partial charge in [0.2, 0.25) is 0 Å². The van der Waals surface area contributed by atoms with Crippen LogP contribution in [0.3, 0.4) is 0 Å². The van der Waals surface area contributed by atoms with Crippen LogP contribution in [0.4, 0.5) is 5.82 Å². The van der Waals surface area contributed by atoms with E-state index in [2.05, 4.69) is 10.1 Å². The van der Waals surface area contributed by atoms with Crippen LogP contribution in [-0.4, -0.2) is 14.8 Å². The number of nitrogens with two attached hydrogens (primary N) is 1. The average molecular weight is 299 g/mol. The molecule has 0 spiro atoms. The fraction of sp³-hybridized carbons (Fsp3) is 0.125. The zero-order chi connectivity index (χ0) is 15.0. The molecule has 0 radical (unpaired) electrons.